The van der Waals surface area contributed by atoms with Crippen LogP contribution < -0.4 is 9.47 Å². The summed E-state index contributed by atoms with van der Waals surface area (Å²) < 4.78 is 10.6. The maximum atomic E-state index is 10.5. The van der Waals surface area contributed by atoms with Crippen LogP contribution in [0.1, 0.15) is 23.1 Å². The molecule has 0 fully saturated rings. The third-order valence-electron chi connectivity index (χ3n) is 3.54. The Morgan fingerprint density at radius 2 is 1.70 bits per heavy atom. The summed E-state index contributed by atoms with van der Waals surface area (Å²) in [5.74, 6) is 0.952. The summed E-state index contributed by atoms with van der Waals surface area (Å²) in [6, 6.07) is 14.8. The quantitative estimate of drug-likeness (QED) is 0.896. The molecule has 4 nitrogen and oxygen atoms in total. The van der Waals surface area contributed by atoms with Crippen molar-refractivity contribution in [1.82, 2.24) is 0 Å². The highest BCUT2D eigenvalue weighted by Gasteiger charge is 2.24. The molecule has 4 heteroatoms. The van der Waals surface area contributed by atoms with E-state index in [0.717, 1.165) is 11.1 Å². The lowest BCUT2D eigenvalue weighted by Gasteiger charge is -2.22. The normalized spacial score (nSPS) is 15.9. The third-order valence-corrected chi connectivity index (χ3v) is 3.54. The molecule has 0 saturated carbocycles. The van der Waals surface area contributed by atoms with Crippen molar-refractivity contribution in [3.8, 4) is 11.5 Å². The highest BCUT2D eigenvalue weighted by atomic mass is 16.7. The van der Waals surface area contributed by atoms with Gasteiger partial charge >= 0.3 is 0 Å². The maximum absolute atomic E-state index is 10.5. The van der Waals surface area contributed by atoms with Gasteiger partial charge in [0, 0.05) is 5.92 Å². The van der Waals surface area contributed by atoms with Crippen LogP contribution in [0.3, 0.4) is 0 Å². The minimum absolute atomic E-state index is 0.143. The molecule has 2 aromatic rings. The second-order valence-electron chi connectivity index (χ2n) is 4.76. The molecule has 0 spiro atoms. The summed E-state index contributed by atoms with van der Waals surface area (Å²) in [5.41, 5.74) is 1.61. The summed E-state index contributed by atoms with van der Waals surface area (Å²) in [6.45, 7) is 0.0690. The maximum Gasteiger partial charge on any atom is 0.231 e. The molecule has 1 heterocycles. The number of hydrogen-bond acceptors (Lipinski definition) is 4. The lowest BCUT2D eigenvalue weighted by Crippen LogP contribution is -2.14. The Kier molecular flexibility index (Phi) is 3.58. The number of rotatable bonds is 4. The van der Waals surface area contributed by atoms with E-state index in [0.29, 0.717) is 11.5 Å². The van der Waals surface area contributed by atoms with Crippen molar-refractivity contribution in [2.45, 2.75) is 12.0 Å². The molecule has 20 heavy (non-hydrogen) atoms. The first-order valence-corrected chi connectivity index (χ1v) is 6.53. The molecule has 0 aromatic heterocycles. The third kappa shape index (κ3) is 2.35. The van der Waals surface area contributed by atoms with E-state index in [9.17, 15) is 10.2 Å². The molecular formula is C16H16O4. The first-order valence-electron chi connectivity index (χ1n) is 6.53. The van der Waals surface area contributed by atoms with Crippen LogP contribution in [0, 0.1) is 0 Å². The number of hydrogen-bond donors (Lipinski definition) is 2. The van der Waals surface area contributed by atoms with Gasteiger partial charge in [-0.05, 0) is 23.3 Å². The van der Waals surface area contributed by atoms with E-state index >= 15 is 0 Å². The Morgan fingerprint density at radius 1 is 0.950 bits per heavy atom. The minimum atomic E-state index is -0.762. The number of fused-ring (bicyclic) bond motifs is 1. The molecule has 0 unspecified atom stereocenters. The second kappa shape index (κ2) is 5.53. The molecule has 1 aliphatic rings. The number of ether oxygens (including phenoxy) is 2. The first kappa shape index (κ1) is 13.0. The number of aliphatic hydroxyl groups excluding tert-OH is 2. The van der Waals surface area contributed by atoms with Crippen molar-refractivity contribution < 1.29 is 19.7 Å². The van der Waals surface area contributed by atoms with Gasteiger partial charge in [-0.25, -0.2) is 0 Å². The van der Waals surface area contributed by atoms with Gasteiger partial charge in [0.2, 0.25) is 6.79 Å². The fourth-order valence-electron chi connectivity index (χ4n) is 2.41. The average Bonchev–Trinajstić information content (AvgIpc) is 2.96. The van der Waals surface area contributed by atoms with Crippen molar-refractivity contribution in [2.75, 3.05) is 13.4 Å². The SMILES string of the molecule is OC[C@@H](c1ccc2c(c1)OCO2)[C@@H](O)c1ccccc1. The van der Waals surface area contributed by atoms with Crippen molar-refractivity contribution in [1.29, 1.82) is 0 Å². The average molecular weight is 272 g/mol. The minimum Gasteiger partial charge on any atom is -0.454 e. The first-order chi connectivity index (χ1) is 9.79. The van der Waals surface area contributed by atoms with Crippen LogP contribution in [0.4, 0.5) is 0 Å². The number of benzene rings is 2. The van der Waals surface area contributed by atoms with Crippen molar-refractivity contribution in [3.05, 3.63) is 59.7 Å². The molecule has 2 atom stereocenters. The molecule has 0 aliphatic carbocycles. The van der Waals surface area contributed by atoms with E-state index in [2.05, 4.69) is 0 Å². The monoisotopic (exact) mass is 272 g/mol. The van der Waals surface area contributed by atoms with Crippen LogP contribution >= 0.6 is 0 Å². The standard InChI is InChI=1S/C16H16O4/c17-9-13(16(18)11-4-2-1-3-5-11)12-6-7-14-15(8-12)20-10-19-14/h1-8,13,16-18H,9-10H2/t13-,16-/m0/s1. The van der Waals surface area contributed by atoms with Gasteiger partial charge in [0.25, 0.3) is 0 Å². The Bertz CT molecular complexity index is 582. The second-order valence-corrected chi connectivity index (χ2v) is 4.76. The molecule has 2 aromatic carbocycles. The van der Waals surface area contributed by atoms with Crippen LogP contribution in [0.25, 0.3) is 0 Å². The molecule has 0 radical (unpaired) electrons. The Hall–Kier alpha value is -2.04. The molecular weight excluding hydrogens is 256 g/mol. The lowest BCUT2D eigenvalue weighted by molar-refractivity contribution is 0.107. The van der Waals surface area contributed by atoms with Gasteiger partial charge in [-0.3, -0.25) is 0 Å². The van der Waals surface area contributed by atoms with Crippen LogP contribution in [0.5, 0.6) is 11.5 Å². The molecule has 0 saturated heterocycles. The zero-order chi connectivity index (χ0) is 13.9. The van der Waals surface area contributed by atoms with Crippen molar-refractivity contribution in [3.63, 3.8) is 0 Å². The Morgan fingerprint density at radius 3 is 2.45 bits per heavy atom. The van der Waals surface area contributed by atoms with Gasteiger partial charge in [-0.1, -0.05) is 36.4 Å². The van der Waals surface area contributed by atoms with Crippen molar-refractivity contribution in [2.24, 2.45) is 0 Å². The van der Waals surface area contributed by atoms with Gasteiger partial charge < -0.3 is 19.7 Å². The summed E-state index contributed by atoms with van der Waals surface area (Å²) in [5, 5.41) is 20.1. The van der Waals surface area contributed by atoms with Gasteiger partial charge in [-0.15, -0.1) is 0 Å². The summed E-state index contributed by atoms with van der Waals surface area (Å²) in [4.78, 5) is 0. The molecule has 104 valence electrons. The molecule has 0 bridgehead atoms. The Labute approximate surface area is 117 Å². The van der Waals surface area contributed by atoms with Crippen LogP contribution in [0.2, 0.25) is 0 Å². The van der Waals surface area contributed by atoms with Gasteiger partial charge in [0.05, 0.1) is 12.7 Å². The van der Waals surface area contributed by atoms with Crippen LogP contribution in [0.15, 0.2) is 48.5 Å². The van der Waals surface area contributed by atoms with E-state index in [4.69, 9.17) is 9.47 Å². The van der Waals surface area contributed by atoms with E-state index in [1.807, 2.05) is 42.5 Å². The molecule has 2 N–H and O–H groups in total. The van der Waals surface area contributed by atoms with E-state index in [-0.39, 0.29) is 13.4 Å². The summed E-state index contributed by atoms with van der Waals surface area (Å²) >= 11 is 0. The van der Waals surface area contributed by atoms with Crippen LogP contribution in [-0.4, -0.2) is 23.6 Å². The summed E-state index contributed by atoms with van der Waals surface area (Å²) in [7, 11) is 0. The zero-order valence-corrected chi connectivity index (χ0v) is 10.9. The van der Waals surface area contributed by atoms with Gasteiger partial charge in [-0.2, -0.15) is 0 Å². The number of aliphatic hydroxyl groups is 2. The van der Waals surface area contributed by atoms with Gasteiger partial charge in [0.15, 0.2) is 11.5 Å². The van der Waals surface area contributed by atoms with E-state index < -0.39 is 12.0 Å². The fourth-order valence-corrected chi connectivity index (χ4v) is 2.41. The van der Waals surface area contributed by atoms with Crippen molar-refractivity contribution >= 4 is 0 Å². The predicted octanol–water partition coefficient (Wildman–Crippen LogP) is 2.22. The Balaban J connectivity index is 1.90. The predicted molar refractivity (Wildman–Crippen MR) is 73.8 cm³/mol. The molecule has 1 aliphatic heterocycles. The summed E-state index contributed by atoms with van der Waals surface area (Å²) in [6.07, 6.45) is -0.762. The fraction of sp³-hybridized carbons (Fsp3) is 0.250. The molecule has 3 rings (SSSR count). The van der Waals surface area contributed by atoms with Gasteiger partial charge in [0.1, 0.15) is 0 Å². The van der Waals surface area contributed by atoms with Crippen LogP contribution in [-0.2, 0) is 0 Å². The molecule has 0 amide bonds. The highest BCUT2D eigenvalue weighted by molar-refractivity contribution is 5.46. The highest BCUT2D eigenvalue weighted by Crippen LogP contribution is 2.38. The smallest absolute Gasteiger partial charge is 0.231 e. The van der Waals surface area contributed by atoms with E-state index in [1.165, 1.54) is 0 Å². The largest absolute Gasteiger partial charge is 0.454 e. The van der Waals surface area contributed by atoms with E-state index in [1.54, 1.807) is 6.07 Å². The lowest BCUT2D eigenvalue weighted by atomic mass is 9.89. The zero-order valence-electron chi connectivity index (χ0n) is 10.9. The topological polar surface area (TPSA) is 58.9 Å².